The number of aryl methyl sites for hydroxylation is 2. The molecule has 9 heteroatoms. The Hall–Kier alpha value is -4.60. The number of piperidine rings is 1. The maximum atomic E-state index is 13.2. The SMILES string of the molecule is CCc1ccc(CN2CCC(O)CC2)n1-c1ccc(C(=O)Nc2ccc(Oc3ccc(NC(=O)NC(CC)CC)cc3)c(C)c2)cc1. The van der Waals surface area contributed by atoms with Gasteiger partial charge in [-0.3, -0.25) is 9.69 Å². The van der Waals surface area contributed by atoms with Crippen molar-refractivity contribution in [2.75, 3.05) is 23.7 Å². The zero-order chi connectivity index (χ0) is 33.3. The molecule has 0 saturated carbocycles. The van der Waals surface area contributed by atoms with E-state index in [0.29, 0.717) is 28.4 Å². The summed E-state index contributed by atoms with van der Waals surface area (Å²) < 4.78 is 8.37. The van der Waals surface area contributed by atoms with E-state index in [0.717, 1.165) is 63.0 Å². The van der Waals surface area contributed by atoms with Crippen LogP contribution in [0.3, 0.4) is 0 Å². The van der Waals surface area contributed by atoms with E-state index in [-0.39, 0.29) is 24.1 Å². The molecular weight excluding hydrogens is 590 g/mol. The summed E-state index contributed by atoms with van der Waals surface area (Å²) in [6.45, 7) is 10.8. The molecule has 3 aromatic carbocycles. The molecule has 0 bridgehead atoms. The minimum atomic E-state index is -0.219. The van der Waals surface area contributed by atoms with Gasteiger partial charge in [-0.1, -0.05) is 20.8 Å². The molecule has 0 radical (unpaired) electrons. The highest BCUT2D eigenvalue weighted by molar-refractivity contribution is 6.04. The first-order valence-corrected chi connectivity index (χ1v) is 16.7. The lowest BCUT2D eigenvalue weighted by Gasteiger charge is -2.30. The number of urea groups is 1. The number of likely N-dealkylation sites (tertiary alicyclic amines) is 1. The quantitative estimate of drug-likeness (QED) is 0.128. The molecule has 0 spiro atoms. The molecule has 1 saturated heterocycles. The van der Waals surface area contributed by atoms with Crippen molar-refractivity contribution in [3.63, 3.8) is 0 Å². The van der Waals surface area contributed by atoms with Gasteiger partial charge in [0, 0.05) is 59.7 Å². The maximum Gasteiger partial charge on any atom is 0.319 e. The Balaban J connectivity index is 1.18. The van der Waals surface area contributed by atoms with E-state index < -0.39 is 0 Å². The number of aliphatic hydroxyl groups excluding tert-OH is 1. The Morgan fingerprint density at radius 3 is 2.15 bits per heavy atom. The van der Waals surface area contributed by atoms with Gasteiger partial charge < -0.3 is 30.4 Å². The highest BCUT2D eigenvalue weighted by atomic mass is 16.5. The first-order valence-electron chi connectivity index (χ1n) is 16.7. The van der Waals surface area contributed by atoms with Gasteiger partial charge in [-0.2, -0.15) is 0 Å². The van der Waals surface area contributed by atoms with E-state index >= 15 is 0 Å². The second-order valence-electron chi connectivity index (χ2n) is 12.2. The molecule has 3 amide bonds. The summed E-state index contributed by atoms with van der Waals surface area (Å²) in [5.41, 5.74) is 6.27. The summed E-state index contributed by atoms with van der Waals surface area (Å²) >= 11 is 0. The molecule has 1 aliphatic heterocycles. The van der Waals surface area contributed by atoms with Gasteiger partial charge in [0.05, 0.1) is 6.10 Å². The average Bonchev–Trinajstić information content (AvgIpc) is 3.49. The fourth-order valence-corrected chi connectivity index (χ4v) is 5.95. The van der Waals surface area contributed by atoms with Crippen LogP contribution in [0.15, 0.2) is 78.9 Å². The van der Waals surface area contributed by atoms with Crippen molar-refractivity contribution in [3.8, 4) is 17.2 Å². The lowest BCUT2D eigenvalue weighted by atomic mass is 10.1. The lowest BCUT2D eigenvalue weighted by Crippen LogP contribution is -2.37. The maximum absolute atomic E-state index is 13.2. The fraction of sp³-hybridized carbons (Fsp3) is 0.368. The Morgan fingerprint density at radius 1 is 0.851 bits per heavy atom. The van der Waals surface area contributed by atoms with Gasteiger partial charge in [-0.25, -0.2) is 4.79 Å². The monoisotopic (exact) mass is 637 g/mol. The van der Waals surface area contributed by atoms with Crippen molar-refractivity contribution in [2.24, 2.45) is 0 Å². The third kappa shape index (κ3) is 8.81. The lowest BCUT2D eigenvalue weighted by molar-refractivity contribution is 0.0784. The van der Waals surface area contributed by atoms with Crippen molar-refractivity contribution in [1.29, 1.82) is 0 Å². The number of benzene rings is 3. The third-order valence-electron chi connectivity index (χ3n) is 8.83. The molecule has 2 heterocycles. The number of hydrogen-bond acceptors (Lipinski definition) is 5. The Bertz CT molecular complexity index is 1640. The molecule has 1 aromatic heterocycles. The minimum Gasteiger partial charge on any atom is -0.457 e. The van der Waals surface area contributed by atoms with E-state index in [1.807, 2.05) is 61.5 Å². The largest absolute Gasteiger partial charge is 0.457 e. The highest BCUT2D eigenvalue weighted by Crippen LogP contribution is 2.29. The molecule has 1 fully saturated rings. The van der Waals surface area contributed by atoms with Gasteiger partial charge in [0.15, 0.2) is 0 Å². The molecule has 47 heavy (non-hydrogen) atoms. The van der Waals surface area contributed by atoms with Gasteiger partial charge in [0.25, 0.3) is 5.91 Å². The van der Waals surface area contributed by atoms with E-state index in [1.54, 1.807) is 12.1 Å². The first kappa shape index (κ1) is 33.8. The highest BCUT2D eigenvalue weighted by Gasteiger charge is 2.19. The smallest absolute Gasteiger partial charge is 0.319 e. The van der Waals surface area contributed by atoms with Crippen LogP contribution in [0.5, 0.6) is 11.5 Å². The summed E-state index contributed by atoms with van der Waals surface area (Å²) in [7, 11) is 0. The van der Waals surface area contributed by atoms with Crippen LogP contribution in [0.4, 0.5) is 16.2 Å². The fourth-order valence-electron chi connectivity index (χ4n) is 5.95. The van der Waals surface area contributed by atoms with Crippen LogP contribution >= 0.6 is 0 Å². The van der Waals surface area contributed by atoms with Gasteiger partial charge in [0.2, 0.25) is 0 Å². The summed E-state index contributed by atoms with van der Waals surface area (Å²) in [6.07, 6.45) is 4.11. The Labute approximate surface area is 277 Å². The topological polar surface area (TPSA) is 108 Å². The molecular formula is C38H47N5O4. The van der Waals surface area contributed by atoms with Crippen LogP contribution in [-0.2, 0) is 13.0 Å². The zero-order valence-electron chi connectivity index (χ0n) is 27.9. The third-order valence-corrected chi connectivity index (χ3v) is 8.83. The Kier molecular flexibility index (Phi) is 11.3. The standard InChI is InChI=1S/C38H47N5O4/c1-5-28(6-2)40-38(46)41-29-10-17-35(18-11-29)47-36-19-12-30(24-26(36)4)39-37(45)27-8-13-32(14-9-27)43-31(7-3)15-16-33(43)25-42-22-20-34(44)21-23-42/h8-19,24,28,34,44H,5-7,20-23,25H2,1-4H3,(H,39,45)(H2,40,41,46). The molecule has 5 rings (SSSR count). The van der Waals surface area contributed by atoms with E-state index in [9.17, 15) is 14.7 Å². The Morgan fingerprint density at radius 2 is 1.51 bits per heavy atom. The van der Waals surface area contributed by atoms with Crippen LogP contribution in [0.25, 0.3) is 5.69 Å². The molecule has 4 N–H and O–H groups in total. The van der Waals surface area contributed by atoms with Crippen molar-refractivity contribution < 1.29 is 19.4 Å². The number of hydrogen-bond donors (Lipinski definition) is 4. The van der Waals surface area contributed by atoms with Crippen LogP contribution in [0.1, 0.15) is 73.8 Å². The average molecular weight is 638 g/mol. The van der Waals surface area contributed by atoms with E-state index in [2.05, 4.69) is 58.3 Å². The zero-order valence-corrected chi connectivity index (χ0v) is 27.9. The molecule has 9 nitrogen and oxygen atoms in total. The van der Waals surface area contributed by atoms with Crippen molar-refractivity contribution >= 4 is 23.3 Å². The van der Waals surface area contributed by atoms with Crippen LogP contribution in [-0.4, -0.2) is 51.7 Å². The second kappa shape index (κ2) is 15.8. The number of amides is 3. The van der Waals surface area contributed by atoms with Crippen LogP contribution in [0, 0.1) is 6.92 Å². The number of carbonyl (C=O) groups is 2. The molecule has 4 aromatic rings. The number of nitrogens with zero attached hydrogens (tertiary/aromatic N) is 2. The number of aliphatic hydroxyl groups is 1. The van der Waals surface area contributed by atoms with Crippen LogP contribution < -0.4 is 20.7 Å². The predicted octanol–water partition coefficient (Wildman–Crippen LogP) is 7.66. The minimum absolute atomic E-state index is 0.152. The summed E-state index contributed by atoms with van der Waals surface area (Å²) in [6, 6.07) is 24.8. The number of anilines is 2. The summed E-state index contributed by atoms with van der Waals surface area (Å²) in [4.78, 5) is 27.8. The normalized spacial score (nSPS) is 13.8. The first-order chi connectivity index (χ1) is 22.8. The van der Waals surface area contributed by atoms with Gasteiger partial charge in [0.1, 0.15) is 11.5 Å². The predicted molar refractivity (Wildman–Crippen MR) is 188 cm³/mol. The molecule has 0 atom stereocenters. The van der Waals surface area contributed by atoms with E-state index in [1.165, 1.54) is 11.4 Å². The van der Waals surface area contributed by atoms with Gasteiger partial charge in [-0.05, 0) is 123 Å². The number of rotatable bonds is 12. The van der Waals surface area contributed by atoms with Crippen molar-refractivity contribution in [1.82, 2.24) is 14.8 Å². The molecule has 1 aliphatic rings. The van der Waals surface area contributed by atoms with Crippen LogP contribution in [0.2, 0.25) is 0 Å². The number of ether oxygens (including phenoxy) is 1. The molecule has 0 aliphatic carbocycles. The van der Waals surface area contributed by atoms with Gasteiger partial charge in [-0.15, -0.1) is 0 Å². The second-order valence-corrected chi connectivity index (χ2v) is 12.2. The molecule has 248 valence electrons. The number of nitrogens with one attached hydrogen (secondary N) is 3. The summed E-state index contributed by atoms with van der Waals surface area (Å²) in [5.74, 6) is 1.13. The van der Waals surface area contributed by atoms with Crippen molar-refractivity contribution in [2.45, 2.75) is 78.5 Å². The molecule has 0 unspecified atom stereocenters. The summed E-state index contributed by atoms with van der Waals surface area (Å²) in [5, 5.41) is 18.7. The number of carbonyl (C=O) groups excluding carboxylic acids is 2. The van der Waals surface area contributed by atoms with Gasteiger partial charge >= 0.3 is 6.03 Å². The number of aromatic nitrogens is 1. The van der Waals surface area contributed by atoms with E-state index in [4.69, 9.17) is 4.74 Å². The van der Waals surface area contributed by atoms with Crippen molar-refractivity contribution in [3.05, 3.63) is 101 Å².